The van der Waals surface area contributed by atoms with Gasteiger partial charge in [-0.1, -0.05) is 12.1 Å². The minimum absolute atomic E-state index is 0.166. The van der Waals surface area contributed by atoms with E-state index in [4.69, 9.17) is 4.74 Å². The van der Waals surface area contributed by atoms with Gasteiger partial charge in [0.1, 0.15) is 5.82 Å². The lowest BCUT2D eigenvalue weighted by Crippen LogP contribution is -2.41. The van der Waals surface area contributed by atoms with Crippen molar-refractivity contribution in [3.63, 3.8) is 0 Å². The van der Waals surface area contributed by atoms with E-state index in [-0.39, 0.29) is 10.6 Å². The zero-order chi connectivity index (χ0) is 9.47. The summed E-state index contributed by atoms with van der Waals surface area (Å²) in [5, 5.41) is 0. The van der Waals surface area contributed by atoms with Crippen LogP contribution in [-0.4, -0.2) is 13.2 Å². The number of aryl methyl sites for hydroxylation is 1. The number of hydrogen-bond acceptors (Lipinski definition) is 2. The van der Waals surface area contributed by atoms with Crippen molar-refractivity contribution in [3.05, 3.63) is 35.1 Å². The van der Waals surface area contributed by atoms with E-state index in [1.54, 1.807) is 13.0 Å². The Hall–Kier alpha value is -0.540. The molecule has 1 fully saturated rings. The maximum atomic E-state index is 13.0. The minimum atomic E-state index is -0.196. The van der Waals surface area contributed by atoms with E-state index >= 15 is 0 Å². The second-order valence-electron chi connectivity index (χ2n) is 3.49. The van der Waals surface area contributed by atoms with Crippen LogP contribution in [0, 0.1) is 12.7 Å². The van der Waals surface area contributed by atoms with Crippen LogP contribution in [0.2, 0.25) is 0 Å². The highest BCUT2D eigenvalue weighted by Crippen LogP contribution is 2.36. The first kappa shape index (κ1) is 9.03. The predicted molar refractivity (Wildman–Crippen MR) is 52.6 cm³/mol. The van der Waals surface area contributed by atoms with Crippen molar-refractivity contribution in [3.8, 4) is 0 Å². The molecule has 0 radical (unpaired) electrons. The van der Waals surface area contributed by atoms with Crippen LogP contribution in [0.15, 0.2) is 18.2 Å². The van der Waals surface area contributed by atoms with Gasteiger partial charge >= 0.3 is 0 Å². The number of halogens is 1. The molecule has 0 unspecified atom stereocenters. The molecule has 1 aromatic carbocycles. The van der Waals surface area contributed by atoms with Crippen molar-refractivity contribution >= 4 is 12.6 Å². The van der Waals surface area contributed by atoms with E-state index in [1.807, 2.05) is 6.07 Å². The second kappa shape index (κ2) is 3.00. The minimum Gasteiger partial charge on any atom is -0.378 e. The van der Waals surface area contributed by atoms with Gasteiger partial charge in [-0.25, -0.2) is 4.39 Å². The molecular weight excluding hydrogens is 187 g/mol. The number of hydrogen-bond donors (Lipinski definition) is 1. The van der Waals surface area contributed by atoms with Crippen LogP contribution in [-0.2, 0) is 9.48 Å². The predicted octanol–water partition coefficient (Wildman–Crippen LogP) is 2.29. The van der Waals surface area contributed by atoms with Crippen molar-refractivity contribution in [2.75, 3.05) is 13.2 Å². The molecule has 1 nitrogen and oxygen atoms in total. The lowest BCUT2D eigenvalue weighted by molar-refractivity contribution is -0.00973. The summed E-state index contributed by atoms with van der Waals surface area (Å²) in [6, 6.07) is 5.10. The van der Waals surface area contributed by atoms with Gasteiger partial charge in [0.05, 0.1) is 18.0 Å². The first-order valence-electron chi connectivity index (χ1n) is 4.19. The lowest BCUT2D eigenvalue weighted by atomic mass is 9.95. The van der Waals surface area contributed by atoms with Crippen LogP contribution in [0.5, 0.6) is 0 Å². The molecule has 1 saturated heterocycles. The first-order chi connectivity index (χ1) is 6.12. The third kappa shape index (κ3) is 1.46. The molecule has 1 aliphatic heterocycles. The summed E-state index contributed by atoms with van der Waals surface area (Å²) in [5.41, 5.74) is 1.71. The molecule has 3 heteroatoms. The molecule has 70 valence electrons. The fraction of sp³-hybridized carbons (Fsp3) is 0.400. The molecule has 1 aliphatic rings. The van der Waals surface area contributed by atoms with E-state index in [2.05, 4.69) is 12.6 Å². The fourth-order valence-corrected chi connectivity index (χ4v) is 1.72. The Morgan fingerprint density at radius 2 is 2.15 bits per heavy atom. The normalized spacial score (nSPS) is 19.6. The summed E-state index contributed by atoms with van der Waals surface area (Å²) in [5.74, 6) is -0.166. The van der Waals surface area contributed by atoms with Crippen LogP contribution in [0.1, 0.15) is 11.1 Å². The number of ether oxygens (including phenoxy) is 1. The molecule has 1 aromatic rings. The van der Waals surface area contributed by atoms with Gasteiger partial charge in [0.15, 0.2) is 0 Å². The standard InChI is InChI=1S/C10H11FOS/c1-7-4-8(2-3-9(7)11)10(13)5-12-6-10/h2-4,13H,5-6H2,1H3. The fourth-order valence-electron chi connectivity index (χ4n) is 1.40. The summed E-state index contributed by atoms with van der Waals surface area (Å²) >= 11 is 4.50. The number of thiol groups is 1. The largest absolute Gasteiger partial charge is 0.378 e. The average Bonchev–Trinajstić information content (AvgIpc) is 2.06. The molecule has 0 aliphatic carbocycles. The van der Waals surface area contributed by atoms with Crippen LogP contribution in [0.3, 0.4) is 0 Å². The van der Waals surface area contributed by atoms with Gasteiger partial charge in [0.25, 0.3) is 0 Å². The highest BCUT2D eigenvalue weighted by molar-refractivity contribution is 7.81. The molecule has 2 rings (SSSR count). The average molecular weight is 198 g/mol. The Morgan fingerprint density at radius 3 is 2.62 bits per heavy atom. The quantitative estimate of drug-likeness (QED) is 0.681. The summed E-state index contributed by atoms with van der Waals surface area (Å²) in [7, 11) is 0. The molecule has 0 aromatic heterocycles. The van der Waals surface area contributed by atoms with Crippen LogP contribution < -0.4 is 0 Å². The maximum Gasteiger partial charge on any atom is 0.126 e. The van der Waals surface area contributed by atoms with Crippen molar-refractivity contribution in [2.24, 2.45) is 0 Å². The Labute approximate surface area is 82.3 Å². The first-order valence-corrected chi connectivity index (χ1v) is 4.63. The smallest absolute Gasteiger partial charge is 0.126 e. The summed E-state index contributed by atoms with van der Waals surface area (Å²) in [6.45, 7) is 2.98. The third-order valence-corrected chi connectivity index (χ3v) is 2.89. The zero-order valence-electron chi connectivity index (χ0n) is 7.38. The molecule has 0 spiro atoms. The van der Waals surface area contributed by atoms with Crippen molar-refractivity contribution in [1.29, 1.82) is 0 Å². The summed E-state index contributed by atoms with van der Waals surface area (Å²) < 4.78 is 17.8. The molecule has 0 atom stereocenters. The van der Waals surface area contributed by atoms with Gasteiger partial charge in [-0.3, -0.25) is 0 Å². The molecule has 13 heavy (non-hydrogen) atoms. The highest BCUT2D eigenvalue weighted by atomic mass is 32.1. The number of rotatable bonds is 1. The van der Waals surface area contributed by atoms with Crippen molar-refractivity contribution in [1.82, 2.24) is 0 Å². The molecular formula is C10H11FOS. The van der Waals surface area contributed by atoms with E-state index in [1.165, 1.54) is 6.07 Å². The van der Waals surface area contributed by atoms with Crippen molar-refractivity contribution < 1.29 is 9.13 Å². The monoisotopic (exact) mass is 198 g/mol. The Bertz CT molecular complexity index is 334. The third-order valence-electron chi connectivity index (χ3n) is 2.38. The van der Waals surface area contributed by atoms with Crippen LogP contribution in [0.25, 0.3) is 0 Å². The lowest BCUT2D eigenvalue weighted by Gasteiger charge is -2.37. The Kier molecular flexibility index (Phi) is 2.08. The van der Waals surface area contributed by atoms with E-state index in [9.17, 15) is 4.39 Å². The van der Waals surface area contributed by atoms with Gasteiger partial charge in [-0.05, 0) is 24.1 Å². The Morgan fingerprint density at radius 1 is 1.46 bits per heavy atom. The van der Waals surface area contributed by atoms with Crippen molar-refractivity contribution in [2.45, 2.75) is 11.7 Å². The zero-order valence-corrected chi connectivity index (χ0v) is 8.27. The van der Waals surface area contributed by atoms with Gasteiger partial charge < -0.3 is 4.74 Å². The second-order valence-corrected chi connectivity index (χ2v) is 4.34. The van der Waals surface area contributed by atoms with E-state index in [0.717, 1.165) is 5.56 Å². The molecule has 0 N–H and O–H groups in total. The van der Waals surface area contributed by atoms with Gasteiger partial charge in [0, 0.05) is 0 Å². The topological polar surface area (TPSA) is 9.23 Å². The van der Waals surface area contributed by atoms with Gasteiger partial charge in [-0.2, -0.15) is 12.6 Å². The van der Waals surface area contributed by atoms with Gasteiger partial charge in [0.2, 0.25) is 0 Å². The van der Waals surface area contributed by atoms with E-state index < -0.39 is 0 Å². The molecule has 0 bridgehead atoms. The number of benzene rings is 1. The van der Waals surface area contributed by atoms with Crippen LogP contribution >= 0.6 is 12.6 Å². The summed E-state index contributed by atoms with van der Waals surface area (Å²) in [6.07, 6.45) is 0. The molecule has 0 amide bonds. The SMILES string of the molecule is Cc1cc(C2(S)COC2)ccc1F. The van der Waals surface area contributed by atoms with E-state index in [0.29, 0.717) is 18.8 Å². The van der Waals surface area contributed by atoms with Gasteiger partial charge in [-0.15, -0.1) is 0 Å². The molecule has 1 heterocycles. The molecule has 0 saturated carbocycles. The highest BCUT2D eigenvalue weighted by Gasteiger charge is 2.36. The maximum absolute atomic E-state index is 13.0. The summed E-state index contributed by atoms with van der Waals surface area (Å²) in [4.78, 5) is 0. The van der Waals surface area contributed by atoms with Crippen LogP contribution in [0.4, 0.5) is 4.39 Å². The Balaban J connectivity index is 2.36.